The van der Waals surface area contributed by atoms with E-state index in [1.54, 1.807) is 0 Å². The molecule has 2 rings (SSSR count). The van der Waals surface area contributed by atoms with E-state index in [2.05, 4.69) is 55.1 Å². The molecule has 0 heterocycles. The maximum atomic E-state index is 5.93. The Balaban J connectivity index is 1.46. The topological polar surface area (TPSA) is 46.2 Å². The van der Waals surface area contributed by atoms with Gasteiger partial charge in [-0.2, -0.15) is 0 Å². The molecule has 0 N–H and O–H groups in total. The van der Waals surface area contributed by atoms with Gasteiger partial charge in [-0.05, 0) is 68.9 Å². The van der Waals surface area contributed by atoms with Crippen molar-refractivity contribution in [1.82, 2.24) is 0 Å². The van der Waals surface area contributed by atoms with Gasteiger partial charge in [0.2, 0.25) is 0 Å². The number of rotatable bonds is 22. The lowest BCUT2D eigenvalue weighted by atomic mass is 10.0. The highest BCUT2D eigenvalue weighted by atomic mass is 28.4. The summed E-state index contributed by atoms with van der Waals surface area (Å²) < 4.78 is 29.4. The summed E-state index contributed by atoms with van der Waals surface area (Å²) >= 11 is 0. The van der Waals surface area contributed by atoms with Gasteiger partial charge in [-0.25, -0.2) is 0 Å². The van der Waals surface area contributed by atoms with Gasteiger partial charge in [0.15, 0.2) is 0 Å². The van der Waals surface area contributed by atoms with Crippen molar-refractivity contribution >= 4 is 14.9 Å². The first-order chi connectivity index (χ1) is 18.2. The minimum Gasteiger partial charge on any atom is -0.494 e. The highest BCUT2D eigenvalue weighted by Gasteiger charge is 2.39. The molecule has 0 fully saturated rings. The second-order valence-electron chi connectivity index (χ2n) is 9.02. The van der Waals surface area contributed by atoms with E-state index in [1.807, 2.05) is 26.8 Å². The Kier molecular flexibility index (Phi) is 16.2. The maximum Gasteiger partial charge on any atom is 0.501 e. The third kappa shape index (κ3) is 12.4. The molecule has 0 amide bonds. The van der Waals surface area contributed by atoms with Gasteiger partial charge in [-0.1, -0.05) is 74.7 Å². The fourth-order valence-corrected chi connectivity index (χ4v) is 6.83. The van der Waals surface area contributed by atoms with Crippen molar-refractivity contribution in [1.29, 1.82) is 0 Å². The van der Waals surface area contributed by atoms with Gasteiger partial charge in [0.1, 0.15) is 5.75 Å². The summed E-state index contributed by atoms with van der Waals surface area (Å²) in [4.78, 5) is 0. The van der Waals surface area contributed by atoms with Crippen LogP contribution < -0.4 is 4.74 Å². The quantitative estimate of drug-likeness (QED) is 0.114. The van der Waals surface area contributed by atoms with E-state index < -0.39 is 8.80 Å². The van der Waals surface area contributed by atoms with Crippen LogP contribution in [0.2, 0.25) is 6.04 Å². The van der Waals surface area contributed by atoms with Crippen molar-refractivity contribution in [2.75, 3.05) is 39.6 Å². The Labute approximate surface area is 226 Å². The van der Waals surface area contributed by atoms with Crippen molar-refractivity contribution in [3.05, 3.63) is 60.7 Å². The molecular weight excluding hydrogens is 480 g/mol. The van der Waals surface area contributed by atoms with Crippen LogP contribution in [0.15, 0.2) is 55.1 Å². The summed E-state index contributed by atoms with van der Waals surface area (Å²) in [6.45, 7) is 14.0. The standard InChI is InChI=1S/C31H48O5Si/c1-5-28-16-18-29(19-17-28)30-20-22-31(23-21-30)33-26-14-12-10-9-11-13-24-32-25-15-27-37(34-6-2,35-7-3)36-8-4/h5,16-23H,1,6-15,24-27H2,2-4H3. The number of benzene rings is 2. The lowest BCUT2D eigenvalue weighted by molar-refractivity contribution is 0.0657. The van der Waals surface area contributed by atoms with Crippen molar-refractivity contribution in [3.8, 4) is 16.9 Å². The van der Waals surface area contributed by atoms with Crippen LogP contribution in [0.5, 0.6) is 5.75 Å². The number of unbranched alkanes of at least 4 members (excludes halogenated alkanes) is 5. The van der Waals surface area contributed by atoms with Crippen LogP contribution >= 0.6 is 0 Å². The number of hydrogen-bond donors (Lipinski definition) is 0. The van der Waals surface area contributed by atoms with Crippen LogP contribution in [0.3, 0.4) is 0 Å². The zero-order valence-electron chi connectivity index (χ0n) is 23.3. The third-order valence-corrected chi connectivity index (χ3v) is 9.30. The molecule has 0 saturated heterocycles. The van der Waals surface area contributed by atoms with E-state index in [9.17, 15) is 0 Å². The molecule has 0 saturated carbocycles. The fourth-order valence-electron chi connectivity index (χ4n) is 4.25. The SMILES string of the molecule is C=Cc1ccc(-c2ccc(OCCCCCCCCOCCC[Si](OCC)(OCC)OCC)cc2)cc1. The highest BCUT2D eigenvalue weighted by molar-refractivity contribution is 6.60. The molecule has 206 valence electrons. The third-order valence-electron chi connectivity index (χ3n) is 6.15. The van der Waals surface area contributed by atoms with Gasteiger partial charge in [0.05, 0.1) is 6.61 Å². The first kappa shape index (κ1) is 31.3. The van der Waals surface area contributed by atoms with E-state index in [0.717, 1.165) is 56.4 Å². The Bertz CT molecular complexity index is 821. The van der Waals surface area contributed by atoms with E-state index in [-0.39, 0.29) is 0 Å². The monoisotopic (exact) mass is 528 g/mol. The first-order valence-corrected chi connectivity index (χ1v) is 16.0. The molecule has 0 spiro atoms. The van der Waals surface area contributed by atoms with Crippen LogP contribution in [0.4, 0.5) is 0 Å². The van der Waals surface area contributed by atoms with Gasteiger partial charge in [-0.15, -0.1) is 0 Å². The van der Waals surface area contributed by atoms with Gasteiger partial charge < -0.3 is 22.8 Å². The van der Waals surface area contributed by atoms with Crippen molar-refractivity contribution in [3.63, 3.8) is 0 Å². The molecule has 0 aliphatic rings. The zero-order valence-corrected chi connectivity index (χ0v) is 24.3. The predicted molar refractivity (Wildman–Crippen MR) is 156 cm³/mol. The minimum absolute atomic E-state index is 0.624. The van der Waals surface area contributed by atoms with Crippen LogP contribution in [0.1, 0.15) is 71.3 Å². The molecule has 0 unspecified atom stereocenters. The lowest BCUT2D eigenvalue weighted by Gasteiger charge is -2.28. The normalized spacial score (nSPS) is 11.5. The van der Waals surface area contributed by atoms with Gasteiger partial charge in [-0.3, -0.25) is 0 Å². The Morgan fingerprint density at radius 3 is 1.65 bits per heavy atom. The van der Waals surface area contributed by atoms with E-state index in [1.165, 1.54) is 36.8 Å². The summed E-state index contributed by atoms with van der Waals surface area (Å²) in [5.41, 5.74) is 3.54. The smallest absolute Gasteiger partial charge is 0.494 e. The van der Waals surface area contributed by atoms with Crippen molar-refractivity contribution < 1.29 is 22.8 Å². The Morgan fingerprint density at radius 1 is 0.622 bits per heavy atom. The molecule has 5 nitrogen and oxygen atoms in total. The Morgan fingerprint density at radius 2 is 1.11 bits per heavy atom. The zero-order chi connectivity index (χ0) is 26.6. The summed E-state index contributed by atoms with van der Waals surface area (Å²) in [6, 6.07) is 17.6. The molecule has 0 aliphatic heterocycles. The molecular formula is C31H48O5Si. The highest BCUT2D eigenvalue weighted by Crippen LogP contribution is 2.23. The van der Waals surface area contributed by atoms with Crippen LogP contribution in [0.25, 0.3) is 17.2 Å². The fraction of sp³-hybridized carbons (Fsp3) is 0.548. The van der Waals surface area contributed by atoms with E-state index in [0.29, 0.717) is 19.8 Å². The van der Waals surface area contributed by atoms with Crippen LogP contribution in [0, 0.1) is 0 Å². The maximum absolute atomic E-state index is 5.93. The predicted octanol–water partition coefficient (Wildman–Crippen LogP) is 8.17. The largest absolute Gasteiger partial charge is 0.501 e. The molecule has 2 aromatic rings. The van der Waals surface area contributed by atoms with Crippen LogP contribution in [-0.4, -0.2) is 48.4 Å². The molecule has 0 aromatic heterocycles. The molecule has 0 atom stereocenters. The van der Waals surface area contributed by atoms with Crippen molar-refractivity contribution in [2.45, 2.75) is 71.8 Å². The second kappa shape index (κ2) is 19.2. The van der Waals surface area contributed by atoms with Gasteiger partial charge in [0, 0.05) is 39.1 Å². The molecule has 6 heteroatoms. The Hall–Kier alpha value is -1.96. The molecule has 0 bridgehead atoms. The lowest BCUT2D eigenvalue weighted by Crippen LogP contribution is -2.46. The molecule has 2 aromatic carbocycles. The molecule has 0 radical (unpaired) electrons. The average molecular weight is 529 g/mol. The second-order valence-corrected chi connectivity index (χ2v) is 11.8. The van der Waals surface area contributed by atoms with E-state index >= 15 is 0 Å². The van der Waals surface area contributed by atoms with Gasteiger partial charge in [0.25, 0.3) is 0 Å². The van der Waals surface area contributed by atoms with Crippen molar-refractivity contribution in [2.24, 2.45) is 0 Å². The number of ether oxygens (including phenoxy) is 2. The summed E-state index contributed by atoms with van der Waals surface area (Å²) in [5.74, 6) is 0.937. The molecule has 37 heavy (non-hydrogen) atoms. The average Bonchev–Trinajstić information content (AvgIpc) is 2.92. The minimum atomic E-state index is -2.53. The number of hydrogen-bond acceptors (Lipinski definition) is 5. The summed E-state index contributed by atoms with van der Waals surface area (Å²) in [7, 11) is -2.53. The molecule has 0 aliphatic carbocycles. The first-order valence-electron chi connectivity index (χ1n) is 14.1. The summed E-state index contributed by atoms with van der Waals surface area (Å²) in [5, 5.41) is 0. The van der Waals surface area contributed by atoms with Gasteiger partial charge >= 0.3 is 8.80 Å². The van der Waals surface area contributed by atoms with Crippen LogP contribution in [-0.2, 0) is 18.0 Å². The van der Waals surface area contributed by atoms with E-state index in [4.69, 9.17) is 22.8 Å². The summed E-state index contributed by atoms with van der Waals surface area (Å²) in [6.07, 6.45) is 9.89.